The second-order valence-electron chi connectivity index (χ2n) is 8.32. The lowest BCUT2D eigenvalue weighted by Crippen LogP contribution is -2.39. The summed E-state index contributed by atoms with van der Waals surface area (Å²) >= 11 is 0. The Morgan fingerprint density at radius 3 is 2.49 bits per heavy atom. The second kappa shape index (κ2) is 10.9. The second-order valence-corrected chi connectivity index (χ2v) is 8.32. The van der Waals surface area contributed by atoms with E-state index >= 15 is 0 Å². The average molecular weight is 472 g/mol. The maximum Gasteiger partial charge on any atom is 0.255 e. The molecule has 0 spiro atoms. The molecule has 1 heterocycles. The third-order valence-corrected chi connectivity index (χ3v) is 5.76. The van der Waals surface area contributed by atoms with Gasteiger partial charge in [-0.15, -0.1) is 0 Å². The highest BCUT2D eigenvalue weighted by Gasteiger charge is 2.19. The summed E-state index contributed by atoms with van der Waals surface area (Å²) in [5.74, 6) is 0.0281. The summed E-state index contributed by atoms with van der Waals surface area (Å²) in [6.07, 6.45) is 2.40. The van der Waals surface area contributed by atoms with Crippen molar-refractivity contribution in [1.29, 1.82) is 0 Å². The van der Waals surface area contributed by atoms with E-state index in [2.05, 4.69) is 15.6 Å². The molecule has 2 amide bonds. The van der Waals surface area contributed by atoms with E-state index in [4.69, 9.17) is 4.74 Å². The number of rotatable bonds is 9. The summed E-state index contributed by atoms with van der Waals surface area (Å²) < 4.78 is 5.71. The fraction of sp³-hybridized carbons (Fsp3) is 0.214. The molecule has 7 nitrogen and oxygen atoms in total. The van der Waals surface area contributed by atoms with Crippen LogP contribution in [0.5, 0.6) is 5.75 Å². The Kier molecular flexibility index (Phi) is 7.48. The van der Waals surface area contributed by atoms with Gasteiger partial charge in [0, 0.05) is 29.7 Å². The zero-order valence-corrected chi connectivity index (χ0v) is 19.8. The van der Waals surface area contributed by atoms with Gasteiger partial charge in [0.25, 0.3) is 5.91 Å². The lowest BCUT2D eigenvalue weighted by atomic mass is 10.0. The Morgan fingerprint density at radius 1 is 1.03 bits per heavy atom. The average Bonchev–Trinajstić information content (AvgIpc) is 3.27. The maximum atomic E-state index is 13.3. The van der Waals surface area contributed by atoms with Crippen LogP contribution < -0.4 is 15.4 Å². The molecule has 4 aromatic rings. The lowest BCUT2D eigenvalue weighted by molar-refractivity contribution is -0.114. The molecule has 0 saturated heterocycles. The smallest absolute Gasteiger partial charge is 0.255 e. The first kappa shape index (κ1) is 24.0. The van der Waals surface area contributed by atoms with Gasteiger partial charge in [-0.2, -0.15) is 0 Å². The predicted molar refractivity (Wildman–Crippen MR) is 138 cm³/mol. The van der Waals surface area contributed by atoms with E-state index in [-0.39, 0.29) is 18.4 Å². The highest BCUT2D eigenvalue weighted by molar-refractivity contribution is 5.98. The first-order valence-electron chi connectivity index (χ1n) is 11.6. The molecular formula is C28H29N3O4. The van der Waals surface area contributed by atoms with E-state index in [0.717, 1.165) is 27.6 Å². The number of anilines is 1. The molecule has 0 aliphatic rings. The number of nitrogens with one attached hydrogen (secondary N) is 3. The molecule has 1 atom stereocenters. The molecule has 0 aliphatic carbocycles. The normalized spacial score (nSPS) is 11.7. The highest BCUT2D eigenvalue weighted by Crippen LogP contribution is 2.28. The molecule has 7 heteroatoms. The number of amides is 2. The van der Waals surface area contributed by atoms with Gasteiger partial charge >= 0.3 is 0 Å². The van der Waals surface area contributed by atoms with Crippen molar-refractivity contribution >= 4 is 28.4 Å². The Bertz CT molecular complexity index is 1330. The molecule has 1 aromatic heterocycles. The van der Waals surface area contributed by atoms with E-state index in [1.807, 2.05) is 67.7 Å². The summed E-state index contributed by atoms with van der Waals surface area (Å²) in [4.78, 5) is 27.8. The summed E-state index contributed by atoms with van der Waals surface area (Å²) in [5.41, 5.74) is 4.87. The molecular weight excluding hydrogens is 442 g/mol. The van der Waals surface area contributed by atoms with E-state index in [9.17, 15) is 14.7 Å². The number of aliphatic hydroxyl groups excluding tert-OH is 1. The van der Waals surface area contributed by atoms with Crippen LogP contribution in [0, 0.1) is 0 Å². The zero-order valence-electron chi connectivity index (χ0n) is 19.8. The number of aliphatic hydroxyl groups is 1. The molecule has 0 radical (unpaired) electrons. The topological polar surface area (TPSA) is 103 Å². The van der Waals surface area contributed by atoms with Gasteiger partial charge in [0.15, 0.2) is 0 Å². The van der Waals surface area contributed by atoms with Gasteiger partial charge in [-0.1, -0.05) is 36.4 Å². The van der Waals surface area contributed by atoms with Crippen LogP contribution in [0.25, 0.3) is 22.0 Å². The number of H-pyrrole nitrogens is 1. The molecule has 0 bridgehead atoms. The number of fused-ring (bicyclic) bond motifs is 1. The van der Waals surface area contributed by atoms with E-state index in [1.165, 1.54) is 6.92 Å². The number of aromatic nitrogens is 1. The van der Waals surface area contributed by atoms with Crippen LogP contribution in [0.4, 0.5) is 5.69 Å². The number of hydrogen-bond donors (Lipinski definition) is 4. The summed E-state index contributed by atoms with van der Waals surface area (Å²) in [5, 5.41) is 16.8. The van der Waals surface area contributed by atoms with Crippen molar-refractivity contribution in [2.45, 2.75) is 26.3 Å². The van der Waals surface area contributed by atoms with Gasteiger partial charge < -0.3 is 25.5 Å². The fourth-order valence-corrected chi connectivity index (χ4v) is 4.11. The van der Waals surface area contributed by atoms with Gasteiger partial charge in [-0.05, 0) is 60.4 Å². The maximum absolute atomic E-state index is 13.3. The van der Waals surface area contributed by atoms with Crippen molar-refractivity contribution in [2.75, 3.05) is 18.5 Å². The number of hydrogen-bond acceptors (Lipinski definition) is 4. The number of benzene rings is 3. The number of carbonyl (C=O) groups is 2. The number of para-hydroxylation sites is 1. The molecule has 35 heavy (non-hydrogen) atoms. The van der Waals surface area contributed by atoms with Crippen molar-refractivity contribution in [2.24, 2.45) is 0 Å². The fourth-order valence-electron chi connectivity index (χ4n) is 4.11. The molecule has 0 unspecified atom stereocenters. The minimum absolute atomic E-state index is 0.135. The monoisotopic (exact) mass is 471 g/mol. The zero-order chi connectivity index (χ0) is 24.8. The van der Waals surface area contributed by atoms with Crippen LogP contribution in [-0.4, -0.2) is 41.2 Å². The van der Waals surface area contributed by atoms with Crippen LogP contribution in [0.15, 0.2) is 72.9 Å². The first-order valence-corrected chi connectivity index (χ1v) is 11.6. The summed E-state index contributed by atoms with van der Waals surface area (Å²) in [6, 6.07) is 20.3. The Morgan fingerprint density at radius 2 is 1.77 bits per heavy atom. The van der Waals surface area contributed by atoms with Crippen LogP contribution in [0.2, 0.25) is 0 Å². The van der Waals surface area contributed by atoms with E-state index < -0.39 is 6.04 Å². The number of ether oxygens (including phenoxy) is 1. The quantitative estimate of drug-likeness (QED) is 0.288. The van der Waals surface area contributed by atoms with Crippen LogP contribution in [-0.2, 0) is 11.2 Å². The first-order chi connectivity index (χ1) is 17.0. The number of aromatic amines is 1. The lowest BCUT2D eigenvalue weighted by Gasteiger charge is -2.18. The van der Waals surface area contributed by atoms with Gasteiger partial charge in [-0.25, -0.2) is 0 Å². The summed E-state index contributed by atoms with van der Waals surface area (Å²) in [6.45, 7) is 3.55. The van der Waals surface area contributed by atoms with Gasteiger partial charge in [0.1, 0.15) is 5.75 Å². The van der Waals surface area contributed by atoms with E-state index in [1.54, 1.807) is 12.1 Å². The molecule has 3 aromatic carbocycles. The highest BCUT2D eigenvalue weighted by atomic mass is 16.5. The third kappa shape index (κ3) is 5.70. The van der Waals surface area contributed by atoms with Crippen molar-refractivity contribution in [3.05, 3.63) is 84.1 Å². The van der Waals surface area contributed by atoms with Gasteiger partial charge in [0.05, 0.1) is 24.8 Å². The Balaban J connectivity index is 1.56. The van der Waals surface area contributed by atoms with Crippen molar-refractivity contribution in [3.63, 3.8) is 0 Å². The minimum Gasteiger partial charge on any atom is -0.493 e. The Labute approximate surface area is 204 Å². The molecule has 0 fully saturated rings. The predicted octanol–water partition coefficient (Wildman–Crippen LogP) is 4.53. The van der Waals surface area contributed by atoms with Gasteiger partial charge in [0.2, 0.25) is 5.91 Å². The Hall–Kier alpha value is -4.10. The molecule has 0 aliphatic heterocycles. The van der Waals surface area contributed by atoms with Crippen LogP contribution in [0.1, 0.15) is 29.8 Å². The standard InChI is InChI=1S/C28H29N3O4/c1-3-35-27-13-10-20(19-8-11-22(12-9-19)30-18(2)33)15-25(27)28(34)31-23(17-32)14-21-16-29-26-7-5-4-6-24(21)26/h4-13,15-16,23,29,32H,3,14,17H2,1-2H3,(H,30,33)(H,31,34)/t23-/m1/s1. The van der Waals surface area contributed by atoms with E-state index in [0.29, 0.717) is 30.0 Å². The minimum atomic E-state index is -0.461. The van der Waals surface area contributed by atoms with Crippen LogP contribution >= 0.6 is 0 Å². The third-order valence-electron chi connectivity index (χ3n) is 5.76. The largest absolute Gasteiger partial charge is 0.493 e. The van der Waals surface area contributed by atoms with Crippen molar-refractivity contribution < 1.29 is 19.4 Å². The van der Waals surface area contributed by atoms with Crippen LogP contribution in [0.3, 0.4) is 0 Å². The SMILES string of the molecule is CCOc1ccc(-c2ccc(NC(C)=O)cc2)cc1C(=O)N[C@@H](CO)Cc1c[nH]c2ccccc12. The molecule has 4 rings (SSSR count). The number of carbonyl (C=O) groups excluding carboxylic acids is 2. The van der Waals surface area contributed by atoms with Gasteiger partial charge in [-0.3, -0.25) is 9.59 Å². The van der Waals surface area contributed by atoms with Crippen molar-refractivity contribution in [3.8, 4) is 16.9 Å². The van der Waals surface area contributed by atoms with Crippen molar-refractivity contribution in [1.82, 2.24) is 10.3 Å². The summed E-state index contributed by atoms with van der Waals surface area (Å²) in [7, 11) is 0. The molecule has 180 valence electrons. The molecule has 4 N–H and O–H groups in total. The molecule has 0 saturated carbocycles.